The summed E-state index contributed by atoms with van der Waals surface area (Å²) in [5.41, 5.74) is 1.28. The van der Waals surface area contributed by atoms with Crippen LogP contribution in [0, 0.1) is 5.41 Å². The predicted octanol–water partition coefficient (Wildman–Crippen LogP) is 2.66. The number of hydrogen-bond acceptors (Lipinski definition) is 7. The fraction of sp³-hybridized carbons (Fsp3) is 0.421. The van der Waals surface area contributed by atoms with E-state index in [4.69, 9.17) is 10.1 Å². The van der Waals surface area contributed by atoms with Crippen molar-refractivity contribution in [3.8, 4) is 0 Å². The fourth-order valence-corrected chi connectivity index (χ4v) is 4.11. The van der Waals surface area contributed by atoms with Crippen LogP contribution in [0.15, 0.2) is 42.0 Å². The van der Waals surface area contributed by atoms with Crippen LogP contribution in [0.1, 0.15) is 25.1 Å². The quantitative estimate of drug-likeness (QED) is 0.698. The number of anilines is 1. The van der Waals surface area contributed by atoms with Crippen molar-refractivity contribution in [1.29, 1.82) is 5.41 Å². The first kappa shape index (κ1) is 19.3. The number of allylic oxidation sites excluding steroid dienone is 4. The molecule has 1 saturated heterocycles. The molecule has 0 aromatic carbocycles. The van der Waals surface area contributed by atoms with Gasteiger partial charge in [-0.1, -0.05) is 0 Å². The second-order valence-electron chi connectivity index (χ2n) is 6.75. The Hall–Kier alpha value is -2.45. The maximum absolute atomic E-state index is 11.1. The van der Waals surface area contributed by atoms with Gasteiger partial charge in [-0.05, 0) is 25.2 Å². The van der Waals surface area contributed by atoms with E-state index in [1.807, 2.05) is 25.4 Å². The molecule has 1 aliphatic carbocycles. The predicted molar refractivity (Wildman–Crippen MR) is 108 cm³/mol. The molecule has 1 aromatic heterocycles. The molecule has 1 fully saturated rings. The van der Waals surface area contributed by atoms with Gasteiger partial charge in [0.25, 0.3) is 0 Å². The standard InChI is InChI=1S/C19H25N5O2S/c1-12-6-16(26-15-4-5-18(20)14(7-15)8-21-3)10-24(12)11-17-9-22-19(27-17)23-13(2)25/h4-5,7-9,12,16,20-21H,6,10-11H2,1-3H3,(H,22,23,25)/b14-8-,20-18?. The zero-order valence-corrected chi connectivity index (χ0v) is 16.6. The summed E-state index contributed by atoms with van der Waals surface area (Å²) in [4.78, 5) is 18.9. The van der Waals surface area contributed by atoms with E-state index in [-0.39, 0.29) is 12.0 Å². The number of aromatic nitrogens is 1. The molecule has 1 aromatic rings. The maximum Gasteiger partial charge on any atom is 0.223 e. The first-order chi connectivity index (χ1) is 12.9. The summed E-state index contributed by atoms with van der Waals surface area (Å²) in [5.74, 6) is 0.685. The van der Waals surface area contributed by atoms with Crippen LogP contribution in [0.25, 0.3) is 0 Å². The Morgan fingerprint density at radius 1 is 1.52 bits per heavy atom. The third kappa shape index (κ3) is 5.05. The van der Waals surface area contributed by atoms with Crippen molar-refractivity contribution >= 4 is 28.1 Å². The molecular formula is C19H25N5O2S. The second-order valence-corrected chi connectivity index (χ2v) is 7.86. The molecule has 2 aliphatic rings. The number of nitrogens with zero attached hydrogens (tertiary/aromatic N) is 2. The number of thiazole rings is 1. The van der Waals surface area contributed by atoms with Gasteiger partial charge >= 0.3 is 0 Å². The number of carbonyl (C=O) groups is 1. The summed E-state index contributed by atoms with van der Waals surface area (Å²) >= 11 is 1.51. The lowest BCUT2D eigenvalue weighted by Crippen LogP contribution is -2.27. The van der Waals surface area contributed by atoms with E-state index in [1.165, 1.54) is 18.3 Å². The summed E-state index contributed by atoms with van der Waals surface area (Å²) in [6, 6.07) is 0.403. The Kier molecular flexibility index (Phi) is 6.08. The van der Waals surface area contributed by atoms with Crippen LogP contribution in [-0.2, 0) is 16.1 Å². The van der Waals surface area contributed by atoms with Crippen LogP contribution in [0.3, 0.4) is 0 Å². The Bertz CT molecular complexity index is 811. The average Bonchev–Trinajstić information content (AvgIpc) is 3.17. The van der Waals surface area contributed by atoms with Crippen LogP contribution in [0.5, 0.6) is 0 Å². The van der Waals surface area contributed by atoms with E-state index in [0.717, 1.165) is 35.7 Å². The largest absolute Gasteiger partial charge is 0.489 e. The van der Waals surface area contributed by atoms with Gasteiger partial charge in [0.1, 0.15) is 11.9 Å². The molecule has 0 radical (unpaired) electrons. The molecule has 2 heterocycles. The number of carbonyl (C=O) groups excluding carboxylic acids is 1. The summed E-state index contributed by atoms with van der Waals surface area (Å²) in [6.45, 7) is 5.32. The molecule has 7 nitrogen and oxygen atoms in total. The minimum atomic E-state index is -0.104. The molecule has 2 atom stereocenters. The van der Waals surface area contributed by atoms with Gasteiger partial charge in [0.2, 0.25) is 5.91 Å². The van der Waals surface area contributed by atoms with E-state index >= 15 is 0 Å². The highest BCUT2D eigenvalue weighted by Gasteiger charge is 2.31. The van der Waals surface area contributed by atoms with E-state index in [9.17, 15) is 4.79 Å². The van der Waals surface area contributed by atoms with Gasteiger partial charge in [0.05, 0.1) is 5.71 Å². The molecule has 0 spiro atoms. The van der Waals surface area contributed by atoms with Crippen molar-refractivity contribution in [2.45, 2.75) is 39.0 Å². The third-order valence-corrected chi connectivity index (χ3v) is 5.38. The highest BCUT2D eigenvalue weighted by atomic mass is 32.1. The van der Waals surface area contributed by atoms with Crippen LogP contribution in [0.2, 0.25) is 0 Å². The van der Waals surface area contributed by atoms with Crippen molar-refractivity contribution in [3.05, 3.63) is 46.8 Å². The van der Waals surface area contributed by atoms with Crippen LogP contribution < -0.4 is 10.6 Å². The molecule has 8 heteroatoms. The van der Waals surface area contributed by atoms with E-state index < -0.39 is 0 Å². The van der Waals surface area contributed by atoms with Gasteiger partial charge in [-0.25, -0.2) is 4.98 Å². The van der Waals surface area contributed by atoms with Gasteiger partial charge in [-0.2, -0.15) is 0 Å². The fourth-order valence-electron chi connectivity index (χ4n) is 3.22. The maximum atomic E-state index is 11.1. The lowest BCUT2D eigenvalue weighted by Gasteiger charge is -2.20. The molecule has 0 saturated carbocycles. The number of likely N-dealkylation sites (tertiary alicyclic amines) is 1. The van der Waals surface area contributed by atoms with Gasteiger partial charge < -0.3 is 20.8 Å². The number of amides is 1. The van der Waals surface area contributed by atoms with Crippen molar-refractivity contribution in [3.63, 3.8) is 0 Å². The van der Waals surface area contributed by atoms with Crippen LogP contribution in [0.4, 0.5) is 5.13 Å². The van der Waals surface area contributed by atoms with E-state index in [0.29, 0.717) is 16.9 Å². The summed E-state index contributed by atoms with van der Waals surface area (Å²) in [5, 5.41) is 14.2. The number of hydrogen-bond donors (Lipinski definition) is 3. The molecule has 3 N–H and O–H groups in total. The first-order valence-electron chi connectivity index (χ1n) is 8.93. The van der Waals surface area contributed by atoms with Gasteiger partial charge in [0, 0.05) is 62.4 Å². The van der Waals surface area contributed by atoms with Crippen molar-refractivity contribution in [2.75, 3.05) is 18.9 Å². The topological polar surface area (TPSA) is 90.3 Å². The normalized spacial score (nSPS) is 24.2. The van der Waals surface area contributed by atoms with E-state index in [1.54, 1.807) is 12.3 Å². The highest BCUT2D eigenvalue weighted by Crippen LogP contribution is 2.28. The van der Waals surface area contributed by atoms with E-state index in [2.05, 4.69) is 27.4 Å². The smallest absolute Gasteiger partial charge is 0.223 e. The molecule has 2 unspecified atom stereocenters. The first-order valence-corrected chi connectivity index (χ1v) is 9.75. The highest BCUT2D eigenvalue weighted by molar-refractivity contribution is 7.15. The Balaban J connectivity index is 1.58. The molecule has 27 heavy (non-hydrogen) atoms. The monoisotopic (exact) mass is 387 g/mol. The summed E-state index contributed by atoms with van der Waals surface area (Å²) in [6.07, 6.45) is 10.2. The van der Waals surface area contributed by atoms with Crippen molar-refractivity contribution in [1.82, 2.24) is 15.2 Å². The van der Waals surface area contributed by atoms with Gasteiger partial charge in [-0.15, -0.1) is 11.3 Å². The molecular weight excluding hydrogens is 362 g/mol. The number of nitrogens with one attached hydrogen (secondary N) is 3. The van der Waals surface area contributed by atoms with Gasteiger partial charge in [-0.3, -0.25) is 9.69 Å². The lowest BCUT2D eigenvalue weighted by molar-refractivity contribution is -0.114. The second kappa shape index (κ2) is 8.49. The minimum Gasteiger partial charge on any atom is -0.489 e. The van der Waals surface area contributed by atoms with Gasteiger partial charge in [0.15, 0.2) is 5.13 Å². The minimum absolute atomic E-state index is 0.104. The Morgan fingerprint density at radius 3 is 3.07 bits per heavy atom. The Labute approximate surface area is 163 Å². The number of ether oxygens (including phenoxy) is 1. The molecule has 1 aliphatic heterocycles. The third-order valence-electron chi connectivity index (χ3n) is 4.49. The zero-order chi connectivity index (χ0) is 19.4. The molecule has 144 valence electrons. The van der Waals surface area contributed by atoms with Crippen LogP contribution in [-0.4, -0.2) is 47.2 Å². The van der Waals surface area contributed by atoms with Crippen molar-refractivity contribution in [2.24, 2.45) is 0 Å². The Morgan fingerprint density at radius 2 is 2.33 bits per heavy atom. The summed E-state index contributed by atoms with van der Waals surface area (Å²) in [7, 11) is 1.82. The summed E-state index contributed by atoms with van der Waals surface area (Å²) < 4.78 is 6.17. The SMILES string of the molecule is CN/C=C1/C=C(OC2CC(C)N(Cc3cnc(NC(C)=O)s3)C2)C=CC1=N. The molecule has 1 amide bonds. The molecule has 0 bridgehead atoms. The van der Waals surface area contributed by atoms with Crippen molar-refractivity contribution < 1.29 is 9.53 Å². The van der Waals surface area contributed by atoms with Crippen LogP contribution >= 0.6 is 11.3 Å². The molecule has 3 rings (SSSR count). The lowest BCUT2D eigenvalue weighted by atomic mass is 10.1. The average molecular weight is 388 g/mol. The zero-order valence-electron chi connectivity index (χ0n) is 15.8. The number of rotatable bonds is 6.